The van der Waals surface area contributed by atoms with Crippen LogP contribution < -0.4 is 10.1 Å². The van der Waals surface area contributed by atoms with Crippen molar-refractivity contribution in [1.82, 2.24) is 0 Å². The lowest BCUT2D eigenvalue weighted by atomic mass is 10.1. The Morgan fingerprint density at radius 1 is 1.00 bits per heavy atom. The molecule has 3 rings (SSSR count). The van der Waals surface area contributed by atoms with Gasteiger partial charge in [0.1, 0.15) is 5.75 Å². The lowest BCUT2D eigenvalue weighted by Gasteiger charge is -2.07. The molecule has 0 aliphatic carbocycles. The molecule has 1 N–H and O–H groups in total. The number of thiophene rings is 1. The molecule has 4 heteroatoms. The predicted molar refractivity (Wildman–Crippen MR) is 90.7 cm³/mol. The van der Waals surface area contributed by atoms with Gasteiger partial charge in [0.05, 0.1) is 7.11 Å². The number of hydrogen-bond acceptors (Lipinski definition) is 3. The number of methoxy groups -OCH3 is 1. The van der Waals surface area contributed by atoms with E-state index in [1.165, 1.54) is 4.88 Å². The van der Waals surface area contributed by atoms with Crippen molar-refractivity contribution in [3.63, 3.8) is 0 Å². The van der Waals surface area contributed by atoms with Crippen LogP contribution in [0.2, 0.25) is 0 Å². The third kappa shape index (κ3) is 3.18. The minimum absolute atomic E-state index is 0.122. The minimum atomic E-state index is -0.122. The first kappa shape index (κ1) is 14.4. The van der Waals surface area contributed by atoms with Crippen LogP contribution in [0.25, 0.3) is 10.4 Å². The molecule has 22 heavy (non-hydrogen) atoms. The van der Waals surface area contributed by atoms with Gasteiger partial charge in [-0.1, -0.05) is 18.2 Å². The van der Waals surface area contributed by atoms with Gasteiger partial charge in [0.2, 0.25) is 0 Å². The number of carbonyl (C=O) groups is 1. The number of amides is 1. The predicted octanol–water partition coefficient (Wildman–Crippen LogP) is 4.68. The van der Waals surface area contributed by atoms with Crippen LogP contribution in [0.5, 0.6) is 5.75 Å². The van der Waals surface area contributed by atoms with Crippen LogP contribution in [0.1, 0.15) is 10.4 Å². The first-order chi connectivity index (χ1) is 10.8. The molecule has 0 aliphatic heterocycles. The standard InChI is InChI=1S/C18H15NO2S/c1-21-16-10-8-15(9-11-16)19-18(20)14-6-4-13(5-7-14)17-3-2-12-22-17/h2-12H,1H3,(H,19,20). The van der Waals surface area contributed by atoms with Gasteiger partial charge in [-0.3, -0.25) is 4.79 Å². The molecule has 0 unspecified atom stereocenters. The summed E-state index contributed by atoms with van der Waals surface area (Å²) in [7, 11) is 1.61. The van der Waals surface area contributed by atoms with E-state index in [1.807, 2.05) is 60.0 Å². The molecule has 1 amide bonds. The molecule has 3 aromatic rings. The zero-order chi connectivity index (χ0) is 15.4. The number of benzene rings is 2. The summed E-state index contributed by atoms with van der Waals surface area (Å²) in [5, 5.41) is 4.91. The van der Waals surface area contributed by atoms with Crippen LogP contribution in [0.4, 0.5) is 5.69 Å². The Morgan fingerprint density at radius 2 is 1.73 bits per heavy atom. The maximum absolute atomic E-state index is 12.2. The largest absolute Gasteiger partial charge is 0.497 e. The molecule has 0 fully saturated rings. The summed E-state index contributed by atoms with van der Waals surface area (Å²) in [6.07, 6.45) is 0. The van der Waals surface area contributed by atoms with Gasteiger partial charge in [-0.15, -0.1) is 11.3 Å². The highest BCUT2D eigenvalue weighted by molar-refractivity contribution is 7.13. The third-order valence-electron chi connectivity index (χ3n) is 3.30. The van der Waals surface area contributed by atoms with Gasteiger partial charge >= 0.3 is 0 Å². The van der Waals surface area contributed by atoms with Gasteiger partial charge in [-0.25, -0.2) is 0 Å². The van der Waals surface area contributed by atoms with E-state index in [-0.39, 0.29) is 5.91 Å². The summed E-state index contributed by atoms with van der Waals surface area (Å²) in [5.41, 5.74) is 2.50. The molecule has 0 saturated heterocycles. The summed E-state index contributed by atoms with van der Waals surface area (Å²) >= 11 is 1.68. The first-order valence-corrected chi connectivity index (χ1v) is 7.73. The van der Waals surface area contributed by atoms with Crippen LogP contribution in [0.3, 0.4) is 0 Å². The highest BCUT2D eigenvalue weighted by Gasteiger charge is 2.07. The summed E-state index contributed by atoms with van der Waals surface area (Å²) in [6, 6.07) is 19.0. The molecule has 0 atom stereocenters. The number of nitrogens with one attached hydrogen (secondary N) is 1. The van der Waals surface area contributed by atoms with E-state index in [2.05, 4.69) is 11.4 Å². The van der Waals surface area contributed by atoms with E-state index in [4.69, 9.17) is 4.74 Å². The highest BCUT2D eigenvalue weighted by atomic mass is 32.1. The number of carbonyl (C=O) groups excluding carboxylic acids is 1. The second kappa shape index (κ2) is 6.45. The summed E-state index contributed by atoms with van der Waals surface area (Å²) in [6.45, 7) is 0. The van der Waals surface area contributed by atoms with E-state index in [1.54, 1.807) is 18.4 Å². The minimum Gasteiger partial charge on any atom is -0.497 e. The molecule has 110 valence electrons. The van der Waals surface area contributed by atoms with Crippen LogP contribution >= 0.6 is 11.3 Å². The summed E-state index contributed by atoms with van der Waals surface area (Å²) in [4.78, 5) is 13.4. The normalized spacial score (nSPS) is 10.2. The number of rotatable bonds is 4. The van der Waals surface area contributed by atoms with Crippen molar-refractivity contribution in [2.75, 3.05) is 12.4 Å². The molecule has 0 radical (unpaired) electrons. The highest BCUT2D eigenvalue weighted by Crippen LogP contribution is 2.25. The SMILES string of the molecule is COc1ccc(NC(=O)c2ccc(-c3cccs3)cc2)cc1. The lowest BCUT2D eigenvalue weighted by molar-refractivity contribution is 0.102. The molecule has 1 heterocycles. The molecule has 2 aromatic carbocycles. The molecule has 0 saturated carbocycles. The molecule has 1 aromatic heterocycles. The maximum atomic E-state index is 12.2. The van der Waals surface area contributed by atoms with Crippen molar-refractivity contribution in [2.45, 2.75) is 0 Å². The fourth-order valence-electron chi connectivity index (χ4n) is 2.11. The van der Waals surface area contributed by atoms with Gasteiger partial charge in [0, 0.05) is 16.1 Å². The molecule has 0 spiro atoms. The van der Waals surface area contributed by atoms with Crippen LogP contribution in [0.15, 0.2) is 66.0 Å². The van der Waals surface area contributed by atoms with Crippen molar-refractivity contribution >= 4 is 22.9 Å². The number of hydrogen-bond donors (Lipinski definition) is 1. The van der Waals surface area contributed by atoms with Crippen LogP contribution in [-0.4, -0.2) is 13.0 Å². The Morgan fingerprint density at radius 3 is 2.32 bits per heavy atom. The zero-order valence-electron chi connectivity index (χ0n) is 12.1. The summed E-state index contributed by atoms with van der Waals surface area (Å²) < 4.78 is 5.10. The van der Waals surface area contributed by atoms with Gasteiger partial charge in [-0.2, -0.15) is 0 Å². The Bertz CT molecular complexity index is 747. The number of ether oxygens (including phenoxy) is 1. The maximum Gasteiger partial charge on any atom is 0.255 e. The van der Waals surface area contributed by atoms with Gasteiger partial charge in [0.25, 0.3) is 5.91 Å². The molecule has 0 bridgehead atoms. The van der Waals surface area contributed by atoms with E-state index in [9.17, 15) is 4.79 Å². The Kier molecular flexibility index (Phi) is 4.21. The van der Waals surface area contributed by atoms with E-state index in [0.29, 0.717) is 5.56 Å². The van der Waals surface area contributed by atoms with Crippen molar-refractivity contribution in [2.24, 2.45) is 0 Å². The van der Waals surface area contributed by atoms with Gasteiger partial charge in [-0.05, 0) is 53.4 Å². The van der Waals surface area contributed by atoms with E-state index >= 15 is 0 Å². The Balaban J connectivity index is 1.71. The van der Waals surface area contributed by atoms with Crippen LogP contribution in [0, 0.1) is 0 Å². The molecule has 0 aliphatic rings. The average molecular weight is 309 g/mol. The van der Waals surface area contributed by atoms with Crippen LogP contribution in [-0.2, 0) is 0 Å². The number of anilines is 1. The Labute approximate surface area is 133 Å². The zero-order valence-corrected chi connectivity index (χ0v) is 12.9. The molecule has 3 nitrogen and oxygen atoms in total. The smallest absolute Gasteiger partial charge is 0.255 e. The average Bonchev–Trinajstić information content (AvgIpc) is 3.10. The van der Waals surface area contributed by atoms with Crippen molar-refractivity contribution in [3.05, 3.63) is 71.6 Å². The van der Waals surface area contributed by atoms with Crippen molar-refractivity contribution in [1.29, 1.82) is 0 Å². The Hall–Kier alpha value is -2.59. The monoisotopic (exact) mass is 309 g/mol. The molecular weight excluding hydrogens is 294 g/mol. The van der Waals surface area contributed by atoms with Crippen molar-refractivity contribution < 1.29 is 9.53 Å². The topological polar surface area (TPSA) is 38.3 Å². The first-order valence-electron chi connectivity index (χ1n) is 6.85. The fraction of sp³-hybridized carbons (Fsp3) is 0.0556. The summed E-state index contributed by atoms with van der Waals surface area (Å²) in [5.74, 6) is 0.640. The fourth-order valence-corrected chi connectivity index (χ4v) is 2.84. The van der Waals surface area contributed by atoms with Gasteiger partial charge in [0.15, 0.2) is 0 Å². The van der Waals surface area contributed by atoms with E-state index in [0.717, 1.165) is 17.0 Å². The molecular formula is C18H15NO2S. The second-order valence-corrected chi connectivity index (χ2v) is 5.68. The quantitative estimate of drug-likeness (QED) is 0.760. The third-order valence-corrected chi connectivity index (χ3v) is 4.22. The van der Waals surface area contributed by atoms with Gasteiger partial charge < -0.3 is 10.1 Å². The van der Waals surface area contributed by atoms with E-state index < -0.39 is 0 Å². The lowest BCUT2D eigenvalue weighted by Crippen LogP contribution is -2.11. The second-order valence-electron chi connectivity index (χ2n) is 4.74. The van der Waals surface area contributed by atoms with Crippen molar-refractivity contribution in [3.8, 4) is 16.2 Å².